The topological polar surface area (TPSA) is 252 Å². The Kier molecular flexibility index (Phi) is 14.0. The number of carbonyl (C=O) groups excluding carboxylic acids is 2. The molecule has 0 aromatic heterocycles. The third-order valence-corrected chi connectivity index (χ3v) is 4.69. The van der Waals surface area contributed by atoms with Crippen LogP contribution in [0, 0.1) is 0 Å². The van der Waals surface area contributed by atoms with E-state index in [0.717, 1.165) is 0 Å². The number of ether oxygens (including phenoxy) is 2. The van der Waals surface area contributed by atoms with Gasteiger partial charge in [0.2, 0.25) is 0 Å². The number of nitrogens with two attached hydrogens (primary N) is 4. The average molecular weight is 505 g/mol. The van der Waals surface area contributed by atoms with Crippen LogP contribution in [0.5, 0.6) is 5.75 Å². The van der Waals surface area contributed by atoms with E-state index in [-0.39, 0.29) is 17.9 Å². The fourth-order valence-corrected chi connectivity index (χ4v) is 2.18. The van der Waals surface area contributed by atoms with Crippen molar-refractivity contribution < 1.29 is 44.0 Å². The lowest BCUT2D eigenvalue weighted by molar-refractivity contribution is -0.153. The number of carboxylic acid groups (broad SMARTS) is 2. The van der Waals surface area contributed by atoms with Crippen LogP contribution in [0.4, 0.5) is 0 Å². The van der Waals surface area contributed by atoms with Gasteiger partial charge in [0.05, 0.1) is 6.10 Å². The first-order valence-electron chi connectivity index (χ1n) is 9.99. The zero-order valence-corrected chi connectivity index (χ0v) is 19.6. The number of carbonyl (C=O) groups is 4. The Balaban J connectivity index is 0.00000116. The summed E-state index contributed by atoms with van der Waals surface area (Å²) in [5, 5.41) is 25.3. The fourth-order valence-electron chi connectivity index (χ4n) is 2.04. The quantitative estimate of drug-likeness (QED) is 0.0909. The van der Waals surface area contributed by atoms with Gasteiger partial charge in [-0.3, -0.25) is 14.4 Å². The zero-order valence-electron chi connectivity index (χ0n) is 18.7. The maximum Gasteiger partial charge on any atom is 0.332 e. The van der Waals surface area contributed by atoms with Gasteiger partial charge in [0.25, 0.3) is 0 Å². The molecule has 13 nitrogen and oxygen atoms in total. The largest absolute Gasteiger partial charge is 0.480 e. The standard InChI is InChI=1S/C16H23N3O6S.C4H9NO3/c1-8(24-15(22)12(18)7-26)13(19)16(23)25-10-4-2-9(3-5-10)6-11(17)14(20)21;1-2(6)3(5)4(7)8/h2-5,8,11-13,26H,6-7,17-19H2,1H3,(H,20,21);2-3,6H,5H2,1H3,(H,7,8)/t8-,11+,12+,13+;2-,3+/m11/s1. The molecule has 0 aliphatic heterocycles. The molecule has 0 bridgehead atoms. The molecule has 0 amide bonds. The van der Waals surface area contributed by atoms with E-state index >= 15 is 0 Å². The lowest BCUT2D eigenvalue weighted by Crippen LogP contribution is -2.47. The smallest absolute Gasteiger partial charge is 0.332 e. The third kappa shape index (κ3) is 11.4. The highest BCUT2D eigenvalue weighted by atomic mass is 32.1. The van der Waals surface area contributed by atoms with Crippen molar-refractivity contribution in [2.45, 2.75) is 56.6 Å². The number of rotatable bonds is 11. The molecular weight excluding hydrogens is 472 g/mol. The normalized spacial score (nSPS) is 15.9. The van der Waals surface area contributed by atoms with Crippen molar-refractivity contribution in [2.24, 2.45) is 22.9 Å². The molecule has 0 saturated heterocycles. The number of hydrogen-bond donors (Lipinski definition) is 8. The van der Waals surface area contributed by atoms with Crippen LogP contribution in [0.15, 0.2) is 24.3 Å². The Morgan fingerprint density at radius 1 is 0.882 bits per heavy atom. The molecule has 192 valence electrons. The number of aliphatic carboxylic acids is 2. The number of benzene rings is 1. The minimum Gasteiger partial charge on any atom is -0.480 e. The van der Waals surface area contributed by atoms with Gasteiger partial charge >= 0.3 is 23.9 Å². The molecule has 0 saturated carbocycles. The van der Waals surface area contributed by atoms with Crippen LogP contribution in [0.3, 0.4) is 0 Å². The van der Waals surface area contributed by atoms with Crippen molar-refractivity contribution in [3.05, 3.63) is 29.8 Å². The minimum absolute atomic E-state index is 0.100. The molecule has 34 heavy (non-hydrogen) atoms. The molecule has 0 spiro atoms. The van der Waals surface area contributed by atoms with Gasteiger partial charge in [-0.05, 0) is 38.0 Å². The SMILES string of the molecule is C[C@@H](O)[C@H](N)C(=O)O.C[C@@H](OC(=O)[C@@H](N)CS)[C@H](N)C(=O)Oc1ccc(C[C@H](N)C(=O)O)cc1. The molecule has 11 N–H and O–H groups in total. The average Bonchev–Trinajstić information content (AvgIpc) is 2.78. The summed E-state index contributed by atoms with van der Waals surface area (Å²) in [5.41, 5.74) is 22.2. The summed E-state index contributed by atoms with van der Waals surface area (Å²) in [6.45, 7) is 2.78. The molecule has 1 rings (SSSR count). The molecule has 1 aromatic carbocycles. The summed E-state index contributed by atoms with van der Waals surface area (Å²) in [7, 11) is 0. The summed E-state index contributed by atoms with van der Waals surface area (Å²) >= 11 is 3.89. The molecule has 0 unspecified atom stereocenters. The molecule has 6 atom stereocenters. The van der Waals surface area contributed by atoms with Crippen molar-refractivity contribution in [1.82, 2.24) is 0 Å². The Labute approximate surface area is 201 Å². The van der Waals surface area contributed by atoms with Crippen molar-refractivity contribution in [2.75, 3.05) is 5.75 Å². The van der Waals surface area contributed by atoms with Crippen LogP contribution in [-0.4, -0.2) is 81.3 Å². The van der Waals surface area contributed by atoms with E-state index in [9.17, 15) is 19.2 Å². The van der Waals surface area contributed by atoms with Crippen LogP contribution in [0.25, 0.3) is 0 Å². The van der Waals surface area contributed by atoms with Crippen molar-refractivity contribution in [1.29, 1.82) is 0 Å². The Morgan fingerprint density at radius 3 is 1.79 bits per heavy atom. The summed E-state index contributed by atoms with van der Waals surface area (Å²) in [6.07, 6.45) is -1.78. The van der Waals surface area contributed by atoms with Crippen LogP contribution >= 0.6 is 12.6 Å². The first-order valence-corrected chi connectivity index (χ1v) is 10.6. The molecule has 0 heterocycles. The number of esters is 2. The van der Waals surface area contributed by atoms with Crippen LogP contribution in [0.1, 0.15) is 19.4 Å². The monoisotopic (exact) mass is 504 g/mol. The van der Waals surface area contributed by atoms with Crippen LogP contribution in [0.2, 0.25) is 0 Å². The predicted octanol–water partition coefficient (Wildman–Crippen LogP) is -2.16. The van der Waals surface area contributed by atoms with E-state index in [1.54, 1.807) is 12.1 Å². The minimum atomic E-state index is -1.20. The van der Waals surface area contributed by atoms with Gasteiger partial charge in [-0.2, -0.15) is 12.6 Å². The lowest BCUT2D eigenvalue weighted by atomic mass is 10.1. The third-order valence-electron chi connectivity index (χ3n) is 4.30. The Morgan fingerprint density at radius 2 is 1.41 bits per heavy atom. The van der Waals surface area contributed by atoms with Crippen LogP contribution < -0.4 is 27.7 Å². The molecule has 0 aliphatic rings. The van der Waals surface area contributed by atoms with Gasteiger partial charge in [0, 0.05) is 5.75 Å². The summed E-state index contributed by atoms with van der Waals surface area (Å²) in [4.78, 5) is 44.2. The first-order chi connectivity index (χ1) is 15.7. The Bertz CT molecular complexity index is 823. The number of thiol groups is 1. The summed E-state index contributed by atoms with van der Waals surface area (Å²) < 4.78 is 10.1. The number of hydrogen-bond acceptors (Lipinski definition) is 12. The van der Waals surface area contributed by atoms with Gasteiger partial charge < -0.3 is 47.7 Å². The molecule has 0 fully saturated rings. The highest BCUT2D eigenvalue weighted by Gasteiger charge is 2.27. The van der Waals surface area contributed by atoms with Crippen molar-refractivity contribution >= 4 is 36.5 Å². The van der Waals surface area contributed by atoms with E-state index in [1.807, 2.05) is 0 Å². The van der Waals surface area contributed by atoms with E-state index in [2.05, 4.69) is 12.6 Å². The highest BCUT2D eigenvalue weighted by Crippen LogP contribution is 2.15. The summed E-state index contributed by atoms with van der Waals surface area (Å²) in [5.74, 6) is -3.48. The summed E-state index contributed by atoms with van der Waals surface area (Å²) in [6, 6.07) is 1.87. The maximum atomic E-state index is 12.0. The van der Waals surface area contributed by atoms with E-state index in [0.29, 0.717) is 5.56 Å². The second-order valence-corrected chi connectivity index (χ2v) is 7.64. The van der Waals surface area contributed by atoms with E-state index < -0.39 is 60.3 Å². The van der Waals surface area contributed by atoms with Crippen molar-refractivity contribution in [3.8, 4) is 5.75 Å². The van der Waals surface area contributed by atoms with Gasteiger partial charge in [0.1, 0.15) is 36.0 Å². The lowest BCUT2D eigenvalue weighted by Gasteiger charge is -2.20. The predicted molar refractivity (Wildman–Crippen MR) is 124 cm³/mol. The van der Waals surface area contributed by atoms with Gasteiger partial charge in [-0.1, -0.05) is 12.1 Å². The van der Waals surface area contributed by atoms with Crippen LogP contribution in [-0.2, 0) is 30.3 Å². The fraction of sp³-hybridized carbons (Fsp3) is 0.500. The first kappa shape index (κ1) is 31.2. The van der Waals surface area contributed by atoms with E-state index in [4.69, 9.17) is 47.7 Å². The molecule has 0 radical (unpaired) electrons. The second kappa shape index (κ2) is 15.2. The van der Waals surface area contributed by atoms with Gasteiger partial charge in [-0.25, -0.2) is 4.79 Å². The van der Waals surface area contributed by atoms with Gasteiger partial charge in [0.15, 0.2) is 0 Å². The molecule has 1 aromatic rings. The number of carboxylic acids is 2. The number of aliphatic hydroxyl groups is 1. The Hall–Kier alpha value is -2.75. The zero-order chi connectivity index (χ0) is 26.6. The second-order valence-electron chi connectivity index (χ2n) is 7.28. The van der Waals surface area contributed by atoms with Crippen molar-refractivity contribution in [3.63, 3.8) is 0 Å². The molecule has 14 heteroatoms. The maximum absolute atomic E-state index is 12.0. The molecular formula is C20H32N4O9S. The highest BCUT2D eigenvalue weighted by molar-refractivity contribution is 7.80. The van der Waals surface area contributed by atoms with Gasteiger partial charge in [-0.15, -0.1) is 0 Å². The van der Waals surface area contributed by atoms with E-state index in [1.165, 1.54) is 26.0 Å². The molecule has 0 aliphatic carbocycles. The number of aliphatic hydroxyl groups excluding tert-OH is 1.